The fourth-order valence-electron chi connectivity index (χ4n) is 1.08. The van der Waals surface area contributed by atoms with E-state index in [9.17, 15) is 0 Å². The Morgan fingerprint density at radius 1 is 1.50 bits per heavy atom. The fraction of sp³-hybridized carbons (Fsp3) is 0.556. The standard InChI is InChI=1S/C9H15N3/c1-4-6(2)8-5-9(10)12-7(3)11-8/h5-6H,4H2,1-3H3,(H2,10,11,12)/t6-/m1/s1. The molecular weight excluding hydrogens is 150 g/mol. The second kappa shape index (κ2) is 3.52. The molecule has 0 saturated carbocycles. The highest BCUT2D eigenvalue weighted by Crippen LogP contribution is 2.17. The SMILES string of the molecule is CC[C@@H](C)c1cc(N)nc(C)n1. The number of hydrogen-bond donors (Lipinski definition) is 1. The minimum atomic E-state index is 0.467. The average Bonchev–Trinajstić information content (AvgIpc) is 2.01. The van der Waals surface area contributed by atoms with E-state index in [1.54, 1.807) is 0 Å². The summed E-state index contributed by atoms with van der Waals surface area (Å²) >= 11 is 0. The number of aromatic nitrogens is 2. The number of nitrogens with two attached hydrogens (primary N) is 1. The van der Waals surface area contributed by atoms with Crippen molar-refractivity contribution in [3.8, 4) is 0 Å². The predicted molar refractivity (Wildman–Crippen MR) is 49.9 cm³/mol. The summed E-state index contributed by atoms with van der Waals surface area (Å²) in [4.78, 5) is 8.33. The van der Waals surface area contributed by atoms with Crippen molar-refractivity contribution in [2.24, 2.45) is 0 Å². The summed E-state index contributed by atoms with van der Waals surface area (Å²) in [6.45, 7) is 6.14. The minimum absolute atomic E-state index is 0.467. The van der Waals surface area contributed by atoms with Gasteiger partial charge in [0.1, 0.15) is 11.6 Å². The lowest BCUT2D eigenvalue weighted by atomic mass is 10.1. The first-order valence-corrected chi connectivity index (χ1v) is 4.24. The Balaban J connectivity index is 3.00. The smallest absolute Gasteiger partial charge is 0.127 e. The van der Waals surface area contributed by atoms with Crippen molar-refractivity contribution in [1.82, 2.24) is 9.97 Å². The van der Waals surface area contributed by atoms with Crippen molar-refractivity contribution in [2.75, 3.05) is 5.73 Å². The van der Waals surface area contributed by atoms with E-state index in [1.807, 2.05) is 13.0 Å². The van der Waals surface area contributed by atoms with Gasteiger partial charge in [-0.25, -0.2) is 9.97 Å². The van der Waals surface area contributed by atoms with Gasteiger partial charge in [-0.15, -0.1) is 0 Å². The van der Waals surface area contributed by atoms with E-state index in [1.165, 1.54) is 0 Å². The molecule has 12 heavy (non-hydrogen) atoms. The van der Waals surface area contributed by atoms with E-state index in [0.29, 0.717) is 11.7 Å². The molecule has 0 aliphatic carbocycles. The summed E-state index contributed by atoms with van der Waals surface area (Å²) in [7, 11) is 0. The minimum Gasteiger partial charge on any atom is -0.384 e. The third-order valence-electron chi connectivity index (χ3n) is 1.99. The molecule has 0 fully saturated rings. The number of nitrogens with zero attached hydrogens (tertiary/aromatic N) is 2. The maximum absolute atomic E-state index is 5.60. The van der Waals surface area contributed by atoms with Crippen molar-refractivity contribution in [2.45, 2.75) is 33.1 Å². The monoisotopic (exact) mass is 165 g/mol. The Morgan fingerprint density at radius 2 is 2.17 bits per heavy atom. The van der Waals surface area contributed by atoms with Gasteiger partial charge in [0.2, 0.25) is 0 Å². The first-order valence-electron chi connectivity index (χ1n) is 4.24. The normalized spacial score (nSPS) is 12.9. The lowest BCUT2D eigenvalue weighted by Gasteiger charge is -2.08. The maximum atomic E-state index is 5.60. The van der Waals surface area contributed by atoms with Crippen LogP contribution in [0.15, 0.2) is 6.07 Å². The van der Waals surface area contributed by atoms with E-state index in [2.05, 4.69) is 23.8 Å². The molecule has 3 heteroatoms. The summed E-state index contributed by atoms with van der Waals surface area (Å²) in [6, 6.07) is 1.85. The largest absolute Gasteiger partial charge is 0.384 e. The Hall–Kier alpha value is -1.12. The summed E-state index contributed by atoms with van der Waals surface area (Å²) in [5.74, 6) is 1.79. The van der Waals surface area contributed by atoms with Gasteiger partial charge in [-0.2, -0.15) is 0 Å². The van der Waals surface area contributed by atoms with E-state index in [-0.39, 0.29) is 0 Å². The molecule has 0 bridgehead atoms. The number of anilines is 1. The van der Waals surface area contributed by atoms with Crippen LogP contribution in [-0.4, -0.2) is 9.97 Å². The first-order chi connectivity index (χ1) is 5.63. The molecule has 0 unspecified atom stereocenters. The van der Waals surface area contributed by atoms with Crippen LogP contribution in [0, 0.1) is 6.92 Å². The third kappa shape index (κ3) is 1.94. The highest BCUT2D eigenvalue weighted by atomic mass is 14.9. The summed E-state index contributed by atoms with van der Waals surface area (Å²) < 4.78 is 0. The number of rotatable bonds is 2. The zero-order valence-electron chi connectivity index (χ0n) is 7.83. The topological polar surface area (TPSA) is 51.8 Å². The molecular formula is C9H15N3. The van der Waals surface area contributed by atoms with Crippen molar-refractivity contribution in [1.29, 1.82) is 0 Å². The van der Waals surface area contributed by atoms with E-state index in [0.717, 1.165) is 17.9 Å². The Labute approximate surface area is 73.0 Å². The third-order valence-corrected chi connectivity index (χ3v) is 1.99. The van der Waals surface area contributed by atoms with Gasteiger partial charge in [-0.1, -0.05) is 13.8 Å². The zero-order valence-corrected chi connectivity index (χ0v) is 7.83. The summed E-state index contributed by atoms with van der Waals surface area (Å²) in [5, 5.41) is 0. The second-order valence-electron chi connectivity index (χ2n) is 3.07. The van der Waals surface area contributed by atoms with Crippen LogP contribution in [0.5, 0.6) is 0 Å². The molecule has 0 amide bonds. The van der Waals surface area contributed by atoms with Crippen LogP contribution in [0.4, 0.5) is 5.82 Å². The van der Waals surface area contributed by atoms with Crippen LogP contribution in [0.25, 0.3) is 0 Å². The molecule has 0 aliphatic heterocycles. The Bertz CT molecular complexity index is 250. The Kier molecular flexibility index (Phi) is 2.63. The van der Waals surface area contributed by atoms with Gasteiger partial charge in [0, 0.05) is 11.8 Å². The quantitative estimate of drug-likeness (QED) is 0.728. The molecule has 1 heterocycles. The van der Waals surface area contributed by atoms with Crippen LogP contribution >= 0.6 is 0 Å². The second-order valence-corrected chi connectivity index (χ2v) is 3.07. The van der Waals surface area contributed by atoms with Crippen molar-refractivity contribution in [3.05, 3.63) is 17.6 Å². The highest BCUT2D eigenvalue weighted by molar-refractivity contribution is 5.30. The first kappa shape index (κ1) is 8.97. The zero-order chi connectivity index (χ0) is 9.14. The molecule has 0 aliphatic rings. The molecule has 0 radical (unpaired) electrons. The van der Waals surface area contributed by atoms with Gasteiger partial charge in [-0.05, 0) is 19.3 Å². The predicted octanol–water partition coefficient (Wildman–Crippen LogP) is 1.88. The van der Waals surface area contributed by atoms with Crippen molar-refractivity contribution < 1.29 is 0 Å². The van der Waals surface area contributed by atoms with E-state index >= 15 is 0 Å². The van der Waals surface area contributed by atoms with Gasteiger partial charge in [0.25, 0.3) is 0 Å². The lowest BCUT2D eigenvalue weighted by molar-refractivity contribution is 0.700. The summed E-state index contributed by atoms with van der Waals surface area (Å²) in [6.07, 6.45) is 1.08. The average molecular weight is 165 g/mol. The van der Waals surface area contributed by atoms with Crippen molar-refractivity contribution in [3.63, 3.8) is 0 Å². The Morgan fingerprint density at radius 3 is 2.67 bits per heavy atom. The number of hydrogen-bond acceptors (Lipinski definition) is 3. The molecule has 0 saturated heterocycles. The van der Waals surface area contributed by atoms with E-state index in [4.69, 9.17) is 5.73 Å². The molecule has 0 aromatic carbocycles. The molecule has 2 N–H and O–H groups in total. The fourth-order valence-corrected chi connectivity index (χ4v) is 1.08. The van der Waals surface area contributed by atoms with Crippen LogP contribution in [0.1, 0.15) is 37.7 Å². The van der Waals surface area contributed by atoms with Crippen molar-refractivity contribution >= 4 is 5.82 Å². The van der Waals surface area contributed by atoms with Crippen LogP contribution in [-0.2, 0) is 0 Å². The van der Waals surface area contributed by atoms with Gasteiger partial charge in [-0.3, -0.25) is 0 Å². The molecule has 1 rings (SSSR count). The number of aryl methyl sites for hydroxylation is 1. The molecule has 1 aromatic heterocycles. The highest BCUT2D eigenvalue weighted by Gasteiger charge is 2.05. The molecule has 3 nitrogen and oxygen atoms in total. The molecule has 1 aromatic rings. The molecule has 1 atom stereocenters. The lowest BCUT2D eigenvalue weighted by Crippen LogP contribution is -2.02. The maximum Gasteiger partial charge on any atom is 0.127 e. The van der Waals surface area contributed by atoms with Gasteiger partial charge < -0.3 is 5.73 Å². The van der Waals surface area contributed by atoms with Crippen LogP contribution in [0.3, 0.4) is 0 Å². The molecule has 0 spiro atoms. The van der Waals surface area contributed by atoms with Gasteiger partial charge >= 0.3 is 0 Å². The summed E-state index contributed by atoms with van der Waals surface area (Å²) in [5.41, 5.74) is 6.64. The number of nitrogen functional groups attached to an aromatic ring is 1. The van der Waals surface area contributed by atoms with E-state index < -0.39 is 0 Å². The van der Waals surface area contributed by atoms with Gasteiger partial charge in [0.15, 0.2) is 0 Å². The van der Waals surface area contributed by atoms with Gasteiger partial charge in [0.05, 0.1) is 0 Å². The van der Waals surface area contributed by atoms with Crippen LogP contribution < -0.4 is 5.73 Å². The van der Waals surface area contributed by atoms with Crippen LogP contribution in [0.2, 0.25) is 0 Å². The molecule has 66 valence electrons.